The van der Waals surface area contributed by atoms with Gasteiger partial charge in [0.25, 0.3) is 0 Å². The van der Waals surface area contributed by atoms with Crippen LogP contribution in [0.5, 0.6) is 0 Å². The SMILES string of the molecule is NC(CC1CCSCC1)C1CCCOC1. The summed E-state index contributed by atoms with van der Waals surface area (Å²) in [6.07, 6.45) is 6.48. The molecule has 3 heteroatoms. The van der Waals surface area contributed by atoms with Crippen LogP contribution in [-0.4, -0.2) is 30.8 Å². The molecule has 2 rings (SSSR count). The lowest BCUT2D eigenvalue weighted by Gasteiger charge is -2.31. The van der Waals surface area contributed by atoms with Crippen LogP contribution in [0.25, 0.3) is 0 Å². The Morgan fingerprint density at radius 2 is 2.07 bits per heavy atom. The first-order chi connectivity index (χ1) is 7.36. The van der Waals surface area contributed by atoms with Gasteiger partial charge in [0.05, 0.1) is 6.61 Å². The van der Waals surface area contributed by atoms with Crippen LogP contribution >= 0.6 is 11.8 Å². The minimum atomic E-state index is 0.387. The highest BCUT2D eigenvalue weighted by molar-refractivity contribution is 7.99. The fourth-order valence-electron chi connectivity index (χ4n) is 2.66. The molecule has 0 radical (unpaired) electrons. The Kier molecular flexibility index (Phi) is 4.79. The Bertz CT molecular complexity index is 176. The van der Waals surface area contributed by atoms with E-state index in [-0.39, 0.29) is 0 Å². The number of hydrogen-bond donors (Lipinski definition) is 1. The first-order valence-electron chi connectivity index (χ1n) is 6.27. The average Bonchev–Trinajstić information content (AvgIpc) is 2.31. The summed E-state index contributed by atoms with van der Waals surface area (Å²) in [5, 5.41) is 0. The van der Waals surface area contributed by atoms with Gasteiger partial charge in [-0.15, -0.1) is 0 Å². The third-order valence-electron chi connectivity index (χ3n) is 3.75. The molecular formula is C12H23NOS. The molecule has 0 bridgehead atoms. The van der Waals surface area contributed by atoms with Crippen molar-refractivity contribution in [3.63, 3.8) is 0 Å². The van der Waals surface area contributed by atoms with Crippen molar-refractivity contribution >= 4 is 11.8 Å². The summed E-state index contributed by atoms with van der Waals surface area (Å²) in [7, 11) is 0. The van der Waals surface area contributed by atoms with Crippen LogP contribution in [0.1, 0.15) is 32.1 Å². The smallest absolute Gasteiger partial charge is 0.0509 e. The van der Waals surface area contributed by atoms with Gasteiger partial charge in [0, 0.05) is 12.6 Å². The number of nitrogens with two attached hydrogens (primary N) is 1. The lowest BCUT2D eigenvalue weighted by atomic mass is 9.85. The lowest BCUT2D eigenvalue weighted by Crippen LogP contribution is -2.37. The number of rotatable bonds is 3. The van der Waals surface area contributed by atoms with E-state index in [4.69, 9.17) is 10.5 Å². The van der Waals surface area contributed by atoms with Crippen LogP contribution < -0.4 is 5.73 Å². The molecule has 2 nitrogen and oxygen atoms in total. The first kappa shape index (κ1) is 11.7. The van der Waals surface area contributed by atoms with E-state index in [0.717, 1.165) is 19.1 Å². The molecule has 2 unspecified atom stereocenters. The highest BCUT2D eigenvalue weighted by Gasteiger charge is 2.24. The van der Waals surface area contributed by atoms with Gasteiger partial charge in [-0.25, -0.2) is 0 Å². The molecule has 88 valence electrons. The third kappa shape index (κ3) is 3.65. The van der Waals surface area contributed by atoms with Crippen molar-refractivity contribution in [3.8, 4) is 0 Å². The van der Waals surface area contributed by atoms with Gasteiger partial charge in [-0.05, 0) is 55.4 Å². The molecule has 2 aliphatic heterocycles. The van der Waals surface area contributed by atoms with E-state index in [1.165, 1.54) is 43.6 Å². The Hall–Kier alpha value is 0.270. The topological polar surface area (TPSA) is 35.2 Å². The zero-order valence-electron chi connectivity index (χ0n) is 9.49. The zero-order valence-corrected chi connectivity index (χ0v) is 10.3. The minimum Gasteiger partial charge on any atom is -0.381 e. The van der Waals surface area contributed by atoms with Gasteiger partial charge in [0.1, 0.15) is 0 Å². The summed E-state index contributed by atoms with van der Waals surface area (Å²) < 4.78 is 5.51. The number of ether oxygens (including phenoxy) is 1. The molecule has 2 N–H and O–H groups in total. The Morgan fingerprint density at radius 1 is 1.27 bits per heavy atom. The molecule has 0 aromatic heterocycles. The lowest BCUT2D eigenvalue weighted by molar-refractivity contribution is 0.0413. The highest BCUT2D eigenvalue weighted by atomic mass is 32.2. The van der Waals surface area contributed by atoms with Gasteiger partial charge in [-0.1, -0.05) is 0 Å². The van der Waals surface area contributed by atoms with Crippen LogP contribution in [0, 0.1) is 11.8 Å². The number of thioether (sulfide) groups is 1. The minimum absolute atomic E-state index is 0.387. The summed E-state index contributed by atoms with van der Waals surface area (Å²) in [5.41, 5.74) is 6.29. The Balaban J connectivity index is 1.72. The van der Waals surface area contributed by atoms with E-state index in [1.54, 1.807) is 0 Å². The monoisotopic (exact) mass is 229 g/mol. The third-order valence-corrected chi connectivity index (χ3v) is 4.80. The van der Waals surface area contributed by atoms with E-state index < -0.39 is 0 Å². The van der Waals surface area contributed by atoms with Crippen molar-refractivity contribution < 1.29 is 4.74 Å². The van der Waals surface area contributed by atoms with Gasteiger partial charge in [-0.2, -0.15) is 11.8 Å². The maximum Gasteiger partial charge on any atom is 0.0509 e. The van der Waals surface area contributed by atoms with Gasteiger partial charge in [0.2, 0.25) is 0 Å². The van der Waals surface area contributed by atoms with Crippen molar-refractivity contribution in [1.29, 1.82) is 0 Å². The predicted octanol–water partition coefficient (Wildman–Crippen LogP) is 2.27. The molecule has 2 heterocycles. The van der Waals surface area contributed by atoms with E-state index in [1.807, 2.05) is 0 Å². The number of hydrogen-bond acceptors (Lipinski definition) is 3. The maximum absolute atomic E-state index is 6.29. The molecule has 0 aromatic rings. The van der Waals surface area contributed by atoms with Gasteiger partial charge in [0.15, 0.2) is 0 Å². The van der Waals surface area contributed by atoms with Crippen LogP contribution in [0.3, 0.4) is 0 Å². The molecule has 0 saturated carbocycles. The van der Waals surface area contributed by atoms with E-state index in [2.05, 4.69) is 11.8 Å². The molecular weight excluding hydrogens is 206 g/mol. The molecule has 0 aromatic carbocycles. The van der Waals surface area contributed by atoms with E-state index >= 15 is 0 Å². The van der Waals surface area contributed by atoms with Crippen molar-refractivity contribution in [2.45, 2.75) is 38.1 Å². The average molecular weight is 229 g/mol. The molecule has 2 saturated heterocycles. The second kappa shape index (κ2) is 6.12. The van der Waals surface area contributed by atoms with Crippen LogP contribution in [0.4, 0.5) is 0 Å². The predicted molar refractivity (Wildman–Crippen MR) is 66.2 cm³/mol. The van der Waals surface area contributed by atoms with E-state index in [0.29, 0.717) is 12.0 Å². The standard InChI is InChI=1S/C12H23NOS/c13-12(11-2-1-5-14-9-11)8-10-3-6-15-7-4-10/h10-12H,1-9,13H2. The summed E-state index contributed by atoms with van der Waals surface area (Å²) in [6, 6.07) is 0.387. The molecule has 0 aliphatic carbocycles. The molecule has 0 spiro atoms. The van der Waals surface area contributed by atoms with Crippen molar-refractivity contribution in [3.05, 3.63) is 0 Å². The normalized spacial score (nSPS) is 31.4. The Labute approximate surface area is 97.3 Å². The summed E-state index contributed by atoms with van der Waals surface area (Å²) >= 11 is 2.10. The molecule has 2 fully saturated rings. The highest BCUT2D eigenvalue weighted by Crippen LogP contribution is 2.29. The van der Waals surface area contributed by atoms with Crippen LogP contribution in [0.2, 0.25) is 0 Å². The fraction of sp³-hybridized carbons (Fsp3) is 1.00. The summed E-state index contributed by atoms with van der Waals surface area (Å²) in [6.45, 7) is 1.85. The quantitative estimate of drug-likeness (QED) is 0.806. The molecule has 15 heavy (non-hydrogen) atoms. The summed E-state index contributed by atoms with van der Waals surface area (Å²) in [4.78, 5) is 0. The molecule has 2 atom stereocenters. The van der Waals surface area contributed by atoms with Crippen molar-refractivity contribution in [2.24, 2.45) is 17.6 Å². The fourth-order valence-corrected chi connectivity index (χ4v) is 3.87. The zero-order chi connectivity index (χ0) is 10.5. The Morgan fingerprint density at radius 3 is 2.73 bits per heavy atom. The maximum atomic E-state index is 6.29. The summed E-state index contributed by atoms with van der Waals surface area (Å²) in [5.74, 6) is 4.22. The van der Waals surface area contributed by atoms with Gasteiger partial charge >= 0.3 is 0 Å². The van der Waals surface area contributed by atoms with Gasteiger partial charge in [-0.3, -0.25) is 0 Å². The van der Waals surface area contributed by atoms with Crippen molar-refractivity contribution in [1.82, 2.24) is 0 Å². The van der Waals surface area contributed by atoms with Gasteiger partial charge < -0.3 is 10.5 Å². The second-order valence-electron chi connectivity index (χ2n) is 4.93. The molecule has 0 amide bonds. The largest absolute Gasteiger partial charge is 0.381 e. The van der Waals surface area contributed by atoms with Crippen LogP contribution in [0.15, 0.2) is 0 Å². The first-order valence-corrected chi connectivity index (χ1v) is 7.43. The van der Waals surface area contributed by atoms with Crippen LogP contribution in [-0.2, 0) is 4.74 Å². The second-order valence-corrected chi connectivity index (χ2v) is 6.16. The molecule has 2 aliphatic rings. The van der Waals surface area contributed by atoms with E-state index in [9.17, 15) is 0 Å². The van der Waals surface area contributed by atoms with Crippen molar-refractivity contribution in [2.75, 3.05) is 24.7 Å².